The van der Waals surface area contributed by atoms with E-state index in [1.54, 1.807) is 21.7 Å². The molecule has 0 spiro atoms. The number of rotatable bonds is 5. The van der Waals surface area contributed by atoms with Crippen molar-refractivity contribution in [3.8, 4) is 0 Å². The predicted molar refractivity (Wildman–Crippen MR) is 97.4 cm³/mol. The number of hydrogen-bond donors (Lipinski definition) is 1. The van der Waals surface area contributed by atoms with Crippen LogP contribution in [0.4, 0.5) is 5.69 Å². The summed E-state index contributed by atoms with van der Waals surface area (Å²) in [5.74, 6) is -0.110. The van der Waals surface area contributed by atoms with Gasteiger partial charge in [0.05, 0.1) is 5.69 Å². The highest BCUT2D eigenvalue weighted by molar-refractivity contribution is 7.92. The van der Waals surface area contributed by atoms with Gasteiger partial charge in [-0.2, -0.15) is 0 Å². The number of nitrogens with zero attached hydrogens (tertiary/aromatic N) is 2. The maximum atomic E-state index is 12.7. The van der Waals surface area contributed by atoms with E-state index in [-0.39, 0.29) is 10.8 Å². The minimum Gasteiger partial charge on any atom is -0.340 e. The van der Waals surface area contributed by atoms with Crippen LogP contribution >= 0.6 is 0 Å². The Morgan fingerprint density at radius 1 is 1.20 bits per heavy atom. The third kappa shape index (κ3) is 3.28. The van der Waals surface area contributed by atoms with Gasteiger partial charge in [0.25, 0.3) is 15.9 Å². The maximum Gasteiger partial charge on any atom is 0.270 e. The molecule has 2 aromatic rings. The smallest absolute Gasteiger partial charge is 0.270 e. The number of amides is 1. The Hall–Kier alpha value is -2.28. The Kier molecular flexibility index (Phi) is 4.60. The van der Waals surface area contributed by atoms with Crippen molar-refractivity contribution in [2.75, 3.05) is 17.8 Å². The molecule has 1 aliphatic heterocycles. The molecule has 1 aliphatic rings. The third-order valence-electron chi connectivity index (χ3n) is 4.64. The second kappa shape index (κ2) is 6.55. The highest BCUT2D eigenvalue weighted by Crippen LogP contribution is 2.25. The van der Waals surface area contributed by atoms with Crippen LogP contribution in [0.5, 0.6) is 0 Å². The first-order chi connectivity index (χ1) is 11.8. The summed E-state index contributed by atoms with van der Waals surface area (Å²) in [6, 6.07) is 6.96. The molecule has 25 heavy (non-hydrogen) atoms. The monoisotopic (exact) mass is 361 g/mol. The van der Waals surface area contributed by atoms with Crippen LogP contribution in [0.25, 0.3) is 0 Å². The molecule has 1 amide bonds. The first kappa shape index (κ1) is 17.5. The van der Waals surface area contributed by atoms with Crippen LogP contribution in [-0.4, -0.2) is 36.9 Å². The maximum absolute atomic E-state index is 12.7. The Morgan fingerprint density at radius 2 is 1.96 bits per heavy atom. The van der Waals surface area contributed by atoms with Crippen molar-refractivity contribution >= 4 is 21.6 Å². The highest BCUT2D eigenvalue weighted by Gasteiger charge is 2.28. The van der Waals surface area contributed by atoms with E-state index in [0.717, 1.165) is 17.5 Å². The fourth-order valence-electron chi connectivity index (χ4n) is 3.04. The van der Waals surface area contributed by atoms with Gasteiger partial charge in [0.2, 0.25) is 0 Å². The van der Waals surface area contributed by atoms with E-state index in [9.17, 15) is 13.2 Å². The largest absolute Gasteiger partial charge is 0.340 e. The molecule has 1 aromatic carbocycles. The van der Waals surface area contributed by atoms with Gasteiger partial charge in [-0.3, -0.25) is 9.52 Å². The minimum atomic E-state index is -3.74. The fraction of sp³-hybridized carbons (Fsp3) is 0.389. The van der Waals surface area contributed by atoms with E-state index in [1.807, 2.05) is 32.9 Å². The molecular weight excluding hydrogens is 338 g/mol. The van der Waals surface area contributed by atoms with Gasteiger partial charge in [0.1, 0.15) is 10.6 Å². The Labute approximate surface area is 148 Å². The lowest BCUT2D eigenvalue weighted by Gasteiger charge is -2.27. The Balaban J connectivity index is 1.91. The zero-order valence-corrected chi connectivity index (χ0v) is 15.6. The van der Waals surface area contributed by atoms with Crippen LogP contribution in [0.2, 0.25) is 0 Å². The molecule has 0 bridgehead atoms. The number of benzene rings is 1. The quantitative estimate of drug-likeness (QED) is 0.890. The molecule has 0 saturated carbocycles. The van der Waals surface area contributed by atoms with Gasteiger partial charge in [0.15, 0.2) is 0 Å². The van der Waals surface area contributed by atoms with E-state index in [1.165, 1.54) is 6.07 Å². The number of fused-ring (bicyclic) bond motifs is 1. The van der Waals surface area contributed by atoms with E-state index in [0.29, 0.717) is 31.0 Å². The molecule has 7 heteroatoms. The van der Waals surface area contributed by atoms with Crippen molar-refractivity contribution in [2.45, 2.75) is 38.6 Å². The number of aryl methyl sites for hydroxylation is 1. The molecular formula is C18H23N3O3S. The lowest BCUT2D eigenvalue weighted by atomic mass is 10.1. The van der Waals surface area contributed by atoms with Crippen molar-refractivity contribution in [3.05, 3.63) is 47.3 Å². The molecule has 1 N–H and O–H groups in total. The number of carbonyl (C=O) groups is 1. The minimum absolute atomic E-state index is 0.110. The molecule has 0 atom stereocenters. The third-order valence-corrected chi connectivity index (χ3v) is 5.97. The van der Waals surface area contributed by atoms with Gasteiger partial charge in [-0.15, -0.1) is 0 Å². The Bertz CT molecular complexity index is 916. The van der Waals surface area contributed by atoms with Crippen molar-refractivity contribution < 1.29 is 13.2 Å². The number of hydrogen-bond acceptors (Lipinski definition) is 3. The predicted octanol–water partition coefficient (Wildman–Crippen LogP) is 2.77. The van der Waals surface area contributed by atoms with Crippen molar-refractivity contribution in [1.29, 1.82) is 0 Å². The average Bonchev–Trinajstić information content (AvgIpc) is 3.01. The second-order valence-corrected chi connectivity index (χ2v) is 8.08. The molecule has 2 heterocycles. The van der Waals surface area contributed by atoms with Crippen molar-refractivity contribution in [2.24, 2.45) is 0 Å². The molecule has 3 rings (SSSR count). The number of aromatic nitrogens is 1. The molecule has 1 aromatic heterocycles. The summed E-state index contributed by atoms with van der Waals surface area (Å²) in [5.41, 5.74) is 2.89. The highest BCUT2D eigenvalue weighted by atomic mass is 32.2. The zero-order chi connectivity index (χ0) is 18.2. The van der Waals surface area contributed by atoms with E-state index >= 15 is 0 Å². The van der Waals surface area contributed by atoms with E-state index < -0.39 is 10.0 Å². The summed E-state index contributed by atoms with van der Waals surface area (Å²) < 4.78 is 29.9. The van der Waals surface area contributed by atoms with Crippen LogP contribution in [0.1, 0.15) is 35.0 Å². The average molecular weight is 361 g/mol. The summed E-state index contributed by atoms with van der Waals surface area (Å²) in [4.78, 5) is 14.4. The first-order valence-corrected chi connectivity index (χ1v) is 9.90. The summed E-state index contributed by atoms with van der Waals surface area (Å²) >= 11 is 0. The van der Waals surface area contributed by atoms with Crippen molar-refractivity contribution in [3.63, 3.8) is 0 Å². The number of sulfonamides is 1. The summed E-state index contributed by atoms with van der Waals surface area (Å²) in [5, 5.41) is 0. The zero-order valence-electron chi connectivity index (χ0n) is 14.7. The van der Waals surface area contributed by atoms with E-state index in [2.05, 4.69) is 4.72 Å². The van der Waals surface area contributed by atoms with Gasteiger partial charge in [0, 0.05) is 25.8 Å². The Morgan fingerprint density at radius 3 is 2.68 bits per heavy atom. The molecule has 0 fully saturated rings. The molecule has 0 aliphatic carbocycles. The number of carbonyl (C=O) groups excluding carboxylic acids is 1. The van der Waals surface area contributed by atoms with Crippen LogP contribution in [0, 0.1) is 13.8 Å². The number of anilines is 1. The van der Waals surface area contributed by atoms with Crippen LogP contribution in [0.3, 0.4) is 0 Å². The number of nitrogens with one attached hydrogen (secondary N) is 1. The summed E-state index contributed by atoms with van der Waals surface area (Å²) in [7, 11) is -3.74. The molecule has 134 valence electrons. The van der Waals surface area contributed by atoms with Gasteiger partial charge in [-0.25, -0.2) is 8.42 Å². The SMILES string of the molecule is CCCN1CCn2cc(S(=O)(=O)Nc3cccc(C)c3C)cc2C1=O. The van der Waals surface area contributed by atoms with Gasteiger partial charge >= 0.3 is 0 Å². The summed E-state index contributed by atoms with van der Waals surface area (Å²) in [6.45, 7) is 7.74. The van der Waals surface area contributed by atoms with Crippen molar-refractivity contribution in [1.82, 2.24) is 9.47 Å². The van der Waals surface area contributed by atoms with Gasteiger partial charge in [-0.05, 0) is 43.5 Å². The lowest BCUT2D eigenvalue weighted by Crippen LogP contribution is -2.40. The van der Waals surface area contributed by atoms with Gasteiger partial charge < -0.3 is 9.47 Å². The van der Waals surface area contributed by atoms with Crippen LogP contribution in [-0.2, 0) is 16.6 Å². The molecule has 0 saturated heterocycles. The second-order valence-electron chi connectivity index (χ2n) is 6.40. The van der Waals surface area contributed by atoms with E-state index in [4.69, 9.17) is 0 Å². The molecule has 6 nitrogen and oxygen atoms in total. The van der Waals surface area contributed by atoms with Gasteiger partial charge in [-0.1, -0.05) is 19.1 Å². The molecule has 0 unspecified atom stereocenters. The standard InChI is InChI=1S/C18H23N3O3S/c1-4-8-20-9-10-21-12-15(11-17(21)18(20)22)25(23,24)19-16-7-5-6-13(2)14(16)3/h5-7,11-12,19H,4,8-10H2,1-3H3. The normalized spacial score (nSPS) is 14.5. The molecule has 0 radical (unpaired) electrons. The summed E-state index contributed by atoms with van der Waals surface area (Å²) in [6.07, 6.45) is 2.43. The fourth-order valence-corrected chi connectivity index (χ4v) is 4.20. The topological polar surface area (TPSA) is 71.4 Å². The van der Waals surface area contributed by atoms with Crippen LogP contribution in [0.15, 0.2) is 35.4 Å². The lowest BCUT2D eigenvalue weighted by molar-refractivity contribution is 0.0705. The first-order valence-electron chi connectivity index (χ1n) is 8.42. The van der Waals surface area contributed by atoms with Crippen LogP contribution < -0.4 is 4.72 Å².